The Morgan fingerprint density at radius 3 is 2.79 bits per heavy atom. The Hall–Kier alpha value is -1.43. The summed E-state index contributed by atoms with van der Waals surface area (Å²) in [5, 5.41) is 8.32. The lowest BCUT2D eigenvalue weighted by Crippen LogP contribution is -1.89. The van der Waals surface area contributed by atoms with Crippen LogP contribution in [0.5, 0.6) is 0 Å². The average Bonchev–Trinajstić information content (AvgIpc) is 2.99. The molecule has 3 rings (SSSR count). The van der Waals surface area contributed by atoms with Crippen LogP contribution in [0.25, 0.3) is 11.3 Å². The molecular weight excluding hydrogens is 298 g/mol. The fourth-order valence-electron chi connectivity index (χ4n) is 1.67. The number of nitrogens with zero attached hydrogens (tertiary/aromatic N) is 2. The molecule has 0 bridgehead atoms. The molecule has 0 saturated heterocycles. The van der Waals surface area contributed by atoms with Gasteiger partial charge in [0.05, 0.1) is 17.6 Å². The van der Waals surface area contributed by atoms with Crippen molar-refractivity contribution in [3.63, 3.8) is 0 Å². The lowest BCUT2D eigenvalue weighted by atomic mass is 10.2. The molecular formula is C13H12ClN3S2. The van der Waals surface area contributed by atoms with Crippen molar-refractivity contribution >= 4 is 45.9 Å². The Balaban J connectivity index is 0.00000133. The van der Waals surface area contributed by atoms with Gasteiger partial charge in [-0.2, -0.15) is 0 Å². The molecule has 0 saturated carbocycles. The largest absolute Gasteiger partial charge is 0.330 e. The number of hydrogen-bond acceptors (Lipinski definition) is 5. The van der Waals surface area contributed by atoms with Gasteiger partial charge >= 0.3 is 0 Å². The van der Waals surface area contributed by atoms with Crippen LogP contribution in [-0.2, 0) is 0 Å². The van der Waals surface area contributed by atoms with Crippen LogP contribution in [0, 0.1) is 6.92 Å². The molecule has 98 valence electrons. The number of pyridine rings is 1. The molecule has 0 spiro atoms. The lowest BCUT2D eigenvalue weighted by molar-refractivity contribution is 1.31. The molecule has 0 aliphatic rings. The molecule has 0 aromatic carbocycles. The molecule has 1 N–H and O–H groups in total. The Bertz CT molecular complexity index is 649. The zero-order valence-corrected chi connectivity index (χ0v) is 12.6. The minimum absolute atomic E-state index is 0. The number of anilines is 2. The van der Waals surface area contributed by atoms with Gasteiger partial charge in [0.25, 0.3) is 0 Å². The highest BCUT2D eigenvalue weighted by Gasteiger charge is 2.08. The first kappa shape index (κ1) is 14.0. The maximum absolute atomic E-state index is 4.60. The topological polar surface area (TPSA) is 37.8 Å². The maximum atomic E-state index is 4.60. The van der Waals surface area contributed by atoms with Crippen molar-refractivity contribution in [3.05, 3.63) is 46.2 Å². The second kappa shape index (κ2) is 6.14. The van der Waals surface area contributed by atoms with Gasteiger partial charge in [-0.3, -0.25) is 4.98 Å². The second-order valence-electron chi connectivity index (χ2n) is 3.80. The summed E-state index contributed by atoms with van der Waals surface area (Å²) in [5.74, 6) is 0. The van der Waals surface area contributed by atoms with Gasteiger partial charge in [0.15, 0.2) is 5.13 Å². The summed E-state index contributed by atoms with van der Waals surface area (Å²) in [4.78, 5) is 9.96. The summed E-state index contributed by atoms with van der Waals surface area (Å²) in [6.45, 7) is 2.12. The van der Waals surface area contributed by atoms with Gasteiger partial charge < -0.3 is 5.32 Å². The molecule has 3 heterocycles. The number of aromatic nitrogens is 2. The van der Waals surface area contributed by atoms with Gasteiger partial charge in [-0.15, -0.1) is 35.1 Å². The summed E-state index contributed by atoms with van der Waals surface area (Å²) in [6.07, 6.45) is 3.55. The first-order valence-electron chi connectivity index (χ1n) is 5.50. The Morgan fingerprint density at radius 1 is 1.21 bits per heavy atom. The monoisotopic (exact) mass is 309 g/mol. The molecule has 0 unspecified atom stereocenters. The fraction of sp³-hybridized carbons (Fsp3) is 0.0769. The van der Waals surface area contributed by atoms with Crippen molar-refractivity contribution in [2.24, 2.45) is 0 Å². The van der Waals surface area contributed by atoms with Crippen molar-refractivity contribution in [3.8, 4) is 11.3 Å². The van der Waals surface area contributed by atoms with Crippen LogP contribution in [0.15, 0.2) is 41.4 Å². The van der Waals surface area contributed by atoms with Crippen LogP contribution in [0.4, 0.5) is 10.8 Å². The third kappa shape index (κ3) is 3.12. The lowest BCUT2D eigenvalue weighted by Gasteiger charge is -2.00. The highest BCUT2D eigenvalue weighted by Crippen LogP contribution is 2.31. The summed E-state index contributed by atoms with van der Waals surface area (Å²) in [7, 11) is 0. The minimum atomic E-state index is 0. The van der Waals surface area contributed by atoms with Gasteiger partial charge in [-0.1, -0.05) is 0 Å². The number of rotatable bonds is 3. The van der Waals surface area contributed by atoms with E-state index in [9.17, 15) is 0 Å². The summed E-state index contributed by atoms with van der Waals surface area (Å²) >= 11 is 3.35. The molecule has 0 amide bonds. The van der Waals surface area contributed by atoms with Gasteiger partial charge in [-0.05, 0) is 30.5 Å². The first-order valence-corrected chi connectivity index (χ1v) is 7.26. The van der Waals surface area contributed by atoms with Crippen molar-refractivity contribution in [2.75, 3.05) is 5.32 Å². The van der Waals surface area contributed by atoms with Crippen molar-refractivity contribution in [1.82, 2.24) is 9.97 Å². The first-order chi connectivity index (χ1) is 8.83. The zero-order chi connectivity index (χ0) is 12.4. The molecule has 3 aromatic heterocycles. The predicted molar refractivity (Wildman–Crippen MR) is 84.9 cm³/mol. The molecule has 3 aromatic rings. The van der Waals surface area contributed by atoms with Gasteiger partial charge in [0.1, 0.15) is 0 Å². The van der Waals surface area contributed by atoms with Crippen LogP contribution in [0.2, 0.25) is 0 Å². The van der Waals surface area contributed by atoms with Crippen LogP contribution in [-0.4, -0.2) is 9.97 Å². The molecule has 19 heavy (non-hydrogen) atoms. The highest BCUT2D eigenvalue weighted by atomic mass is 35.5. The van der Waals surface area contributed by atoms with Crippen molar-refractivity contribution in [2.45, 2.75) is 6.92 Å². The van der Waals surface area contributed by atoms with E-state index >= 15 is 0 Å². The van der Waals surface area contributed by atoms with E-state index < -0.39 is 0 Å². The number of thiophene rings is 1. The predicted octanol–water partition coefficient (Wildman–Crippen LogP) is 4.74. The van der Waals surface area contributed by atoms with E-state index in [0.29, 0.717) is 0 Å². The second-order valence-corrected chi connectivity index (χ2v) is 5.77. The number of halogens is 1. The number of aryl methyl sites for hydroxylation is 1. The van der Waals surface area contributed by atoms with Crippen LogP contribution >= 0.6 is 35.1 Å². The SMILES string of the molecule is Cc1sccc1-c1csc(Nc2cccnc2)n1.Cl. The molecule has 0 aliphatic carbocycles. The van der Waals surface area contributed by atoms with E-state index in [4.69, 9.17) is 0 Å². The minimum Gasteiger partial charge on any atom is -0.330 e. The smallest absolute Gasteiger partial charge is 0.187 e. The molecule has 3 nitrogen and oxygen atoms in total. The Labute approximate surface area is 125 Å². The summed E-state index contributed by atoms with van der Waals surface area (Å²) < 4.78 is 0. The van der Waals surface area contributed by atoms with E-state index in [1.165, 1.54) is 10.4 Å². The quantitative estimate of drug-likeness (QED) is 0.759. The molecule has 6 heteroatoms. The third-order valence-electron chi connectivity index (χ3n) is 2.55. The maximum Gasteiger partial charge on any atom is 0.187 e. The van der Waals surface area contributed by atoms with Crippen LogP contribution < -0.4 is 5.32 Å². The van der Waals surface area contributed by atoms with Gasteiger partial charge in [0, 0.05) is 22.0 Å². The van der Waals surface area contributed by atoms with Gasteiger partial charge in [-0.25, -0.2) is 4.98 Å². The summed E-state index contributed by atoms with van der Waals surface area (Å²) in [5.41, 5.74) is 3.21. The van der Waals surface area contributed by atoms with E-state index in [0.717, 1.165) is 16.5 Å². The normalized spacial score (nSPS) is 9.95. The van der Waals surface area contributed by atoms with E-state index in [1.54, 1.807) is 35.1 Å². The Kier molecular flexibility index (Phi) is 4.52. The van der Waals surface area contributed by atoms with Crippen molar-refractivity contribution < 1.29 is 0 Å². The molecule has 0 radical (unpaired) electrons. The fourth-order valence-corrected chi connectivity index (χ4v) is 3.10. The van der Waals surface area contributed by atoms with Crippen LogP contribution in [0.1, 0.15) is 4.88 Å². The molecule has 0 aliphatic heterocycles. The molecule has 0 fully saturated rings. The number of nitrogens with one attached hydrogen (secondary N) is 1. The standard InChI is InChI=1S/C13H11N3S2.ClH/c1-9-11(4-6-17-9)12-8-18-13(16-12)15-10-3-2-5-14-7-10;/h2-8H,1H3,(H,15,16);1H. The van der Waals surface area contributed by atoms with E-state index in [1.807, 2.05) is 12.1 Å². The summed E-state index contributed by atoms with van der Waals surface area (Å²) in [6, 6.07) is 5.99. The average molecular weight is 310 g/mol. The molecule has 0 atom stereocenters. The Morgan fingerprint density at radius 2 is 2.11 bits per heavy atom. The van der Waals surface area contributed by atoms with E-state index in [2.05, 4.69) is 39.0 Å². The van der Waals surface area contributed by atoms with E-state index in [-0.39, 0.29) is 12.4 Å². The van der Waals surface area contributed by atoms with Crippen LogP contribution in [0.3, 0.4) is 0 Å². The zero-order valence-electron chi connectivity index (χ0n) is 10.2. The van der Waals surface area contributed by atoms with Crippen molar-refractivity contribution in [1.29, 1.82) is 0 Å². The van der Waals surface area contributed by atoms with Gasteiger partial charge in [0.2, 0.25) is 0 Å². The third-order valence-corrected chi connectivity index (χ3v) is 4.16. The highest BCUT2D eigenvalue weighted by molar-refractivity contribution is 7.14. The number of thiazole rings is 1. The number of hydrogen-bond donors (Lipinski definition) is 1.